The minimum absolute atomic E-state index is 0.377. The van der Waals surface area contributed by atoms with E-state index in [1.807, 2.05) is 18.2 Å². The number of hydrogen-bond donors (Lipinski definition) is 0. The Morgan fingerprint density at radius 1 is 1.28 bits per heavy atom. The maximum atomic E-state index is 12.2. The van der Waals surface area contributed by atoms with Gasteiger partial charge in [-0.15, -0.1) is 0 Å². The zero-order valence-electron chi connectivity index (χ0n) is 13.5. The van der Waals surface area contributed by atoms with Gasteiger partial charge in [0.25, 0.3) is 0 Å². The molecular weight excluding hydrogens is 357 g/mol. The SMILES string of the molecule is O=C(CCC(F)(F)F)N1CCC2(CC1)CC(c1ccccc1Cl)=NO2. The molecule has 2 aliphatic heterocycles. The van der Waals surface area contributed by atoms with Crippen LogP contribution in [0.1, 0.15) is 37.7 Å². The first-order valence-corrected chi connectivity index (χ1v) is 8.50. The van der Waals surface area contributed by atoms with E-state index in [9.17, 15) is 18.0 Å². The summed E-state index contributed by atoms with van der Waals surface area (Å²) < 4.78 is 36.7. The van der Waals surface area contributed by atoms with E-state index in [1.54, 1.807) is 6.07 Å². The molecule has 2 heterocycles. The second-order valence-corrected chi connectivity index (χ2v) is 6.87. The monoisotopic (exact) mass is 374 g/mol. The van der Waals surface area contributed by atoms with E-state index in [4.69, 9.17) is 16.4 Å². The number of halogens is 4. The summed E-state index contributed by atoms with van der Waals surface area (Å²) in [6, 6.07) is 7.37. The van der Waals surface area contributed by atoms with Crippen molar-refractivity contribution in [2.24, 2.45) is 5.16 Å². The zero-order valence-corrected chi connectivity index (χ0v) is 14.2. The number of hydrogen-bond acceptors (Lipinski definition) is 3. The topological polar surface area (TPSA) is 41.9 Å². The molecule has 136 valence electrons. The molecule has 0 aliphatic carbocycles. The highest BCUT2D eigenvalue weighted by Crippen LogP contribution is 2.37. The van der Waals surface area contributed by atoms with Crippen LogP contribution in [0.5, 0.6) is 0 Å². The molecule has 0 N–H and O–H groups in total. The molecule has 1 spiro atoms. The lowest BCUT2D eigenvalue weighted by Crippen LogP contribution is -2.47. The number of oxime groups is 1. The van der Waals surface area contributed by atoms with Crippen LogP contribution >= 0.6 is 11.6 Å². The van der Waals surface area contributed by atoms with E-state index < -0.39 is 30.5 Å². The third kappa shape index (κ3) is 4.26. The lowest BCUT2D eigenvalue weighted by Gasteiger charge is -2.37. The number of carbonyl (C=O) groups is 1. The fourth-order valence-corrected chi connectivity index (χ4v) is 3.44. The smallest absolute Gasteiger partial charge is 0.388 e. The summed E-state index contributed by atoms with van der Waals surface area (Å²) in [6.07, 6.45) is -4.22. The summed E-state index contributed by atoms with van der Waals surface area (Å²) in [5.41, 5.74) is 1.10. The van der Waals surface area contributed by atoms with E-state index in [0.717, 1.165) is 11.3 Å². The minimum atomic E-state index is -4.31. The Morgan fingerprint density at radius 2 is 1.96 bits per heavy atom. The highest BCUT2D eigenvalue weighted by molar-refractivity contribution is 6.34. The number of likely N-dealkylation sites (tertiary alicyclic amines) is 1. The van der Waals surface area contributed by atoms with Gasteiger partial charge in [0.2, 0.25) is 5.91 Å². The summed E-state index contributed by atoms with van der Waals surface area (Å²) >= 11 is 6.19. The molecule has 1 saturated heterocycles. The first-order valence-electron chi connectivity index (χ1n) is 8.13. The fraction of sp³-hybridized carbons (Fsp3) is 0.529. The quantitative estimate of drug-likeness (QED) is 0.797. The normalized spacial score (nSPS) is 19.7. The average Bonchev–Trinajstić information content (AvgIpc) is 2.97. The molecule has 1 aromatic rings. The maximum Gasteiger partial charge on any atom is 0.389 e. The second kappa shape index (κ2) is 6.86. The van der Waals surface area contributed by atoms with Gasteiger partial charge >= 0.3 is 6.18 Å². The Hall–Kier alpha value is -1.76. The fourth-order valence-electron chi connectivity index (χ4n) is 3.20. The molecule has 1 fully saturated rings. The predicted octanol–water partition coefficient (Wildman–Crippen LogP) is 4.17. The van der Waals surface area contributed by atoms with Gasteiger partial charge in [0.05, 0.1) is 12.1 Å². The molecule has 8 heteroatoms. The van der Waals surface area contributed by atoms with E-state index in [2.05, 4.69) is 5.16 Å². The standard InChI is InChI=1S/C17H18ClF3N2O2/c18-13-4-2-1-3-12(13)14-11-16(25-22-14)7-9-23(10-8-16)15(24)5-6-17(19,20)21/h1-4H,5-11H2. The van der Waals surface area contributed by atoms with Crippen LogP contribution in [0.4, 0.5) is 13.2 Å². The zero-order chi connectivity index (χ0) is 18.1. The lowest BCUT2D eigenvalue weighted by atomic mass is 9.85. The average molecular weight is 375 g/mol. The van der Waals surface area contributed by atoms with Crippen LogP contribution in [0.15, 0.2) is 29.4 Å². The molecule has 0 atom stereocenters. The first kappa shape index (κ1) is 18.0. The van der Waals surface area contributed by atoms with Crippen molar-refractivity contribution in [3.05, 3.63) is 34.9 Å². The lowest BCUT2D eigenvalue weighted by molar-refractivity contribution is -0.152. The maximum absolute atomic E-state index is 12.2. The molecule has 1 amide bonds. The summed E-state index contributed by atoms with van der Waals surface area (Å²) in [5.74, 6) is -0.461. The van der Waals surface area contributed by atoms with Crippen molar-refractivity contribution in [3.63, 3.8) is 0 Å². The van der Waals surface area contributed by atoms with Gasteiger partial charge in [0, 0.05) is 49.4 Å². The van der Waals surface area contributed by atoms with E-state index in [1.165, 1.54) is 4.90 Å². The largest absolute Gasteiger partial charge is 0.389 e. The van der Waals surface area contributed by atoms with Gasteiger partial charge in [-0.05, 0) is 6.07 Å². The van der Waals surface area contributed by atoms with Gasteiger partial charge in [-0.2, -0.15) is 13.2 Å². The van der Waals surface area contributed by atoms with Gasteiger partial charge in [-0.25, -0.2) is 0 Å². The van der Waals surface area contributed by atoms with Crippen LogP contribution in [0.3, 0.4) is 0 Å². The van der Waals surface area contributed by atoms with Crippen LogP contribution < -0.4 is 0 Å². The first-order chi connectivity index (χ1) is 11.8. The van der Waals surface area contributed by atoms with Crippen LogP contribution in [0.25, 0.3) is 0 Å². The minimum Gasteiger partial charge on any atom is -0.388 e. The molecule has 25 heavy (non-hydrogen) atoms. The second-order valence-electron chi connectivity index (χ2n) is 6.46. The highest BCUT2D eigenvalue weighted by atomic mass is 35.5. The van der Waals surface area contributed by atoms with Gasteiger partial charge in [-0.1, -0.05) is 35.0 Å². The van der Waals surface area contributed by atoms with E-state index >= 15 is 0 Å². The molecule has 1 aromatic carbocycles. The summed E-state index contributed by atoms with van der Waals surface area (Å²) in [5, 5.41) is 4.76. The molecular formula is C17H18ClF3N2O2. The van der Waals surface area contributed by atoms with Crippen molar-refractivity contribution < 1.29 is 22.8 Å². The predicted molar refractivity (Wildman–Crippen MR) is 87.5 cm³/mol. The molecule has 2 aliphatic rings. The van der Waals surface area contributed by atoms with Crippen LogP contribution in [-0.4, -0.2) is 41.4 Å². The Labute approximate surface area is 148 Å². The third-order valence-corrected chi connectivity index (χ3v) is 5.00. The Morgan fingerprint density at radius 3 is 2.60 bits per heavy atom. The Balaban J connectivity index is 1.55. The molecule has 0 saturated carbocycles. The number of benzene rings is 1. The van der Waals surface area contributed by atoms with Crippen molar-refractivity contribution in [2.45, 2.75) is 43.9 Å². The van der Waals surface area contributed by atoms with Crippen LogP contribution in [-0.2, 0) is 9.63 Å². The summed E-state index contributed by atoms with van der Waals surface area (Å²) in [6.45, 7) is 0.754. The van der Waals surface area contributed by atoms with Crippen molar-refractivity contribution in [2.75, 3.05) is 13.1 Å². The van der Waals surface area contributed by atoms with Gasteiger partial charge in [0.1, 0.15) is 5.60 Å². The van der Waals surface area contributed by atoms with Crippen molar-refractivity contribution in [1.82, 2.24) is 4.90 Å². The third-order valence-electron chi connectivity index (χ3n) is 4.67. The van der Waals surface area contributed by atoms with Gasteiger partial charge in [-0.3, -0.25) is 4.79 Å². The molecule has 0 aromatic heterocycles. The number of alkyl halides is 3. The molecule has 3 rings (SSSR count). The summed E-state index contributed by atoms with van der Waals surface area (Å²) in [4.78, 5) is 19.1. The van der Waals surface area contributed by atoms with Crippen LogP contribution in [0.2, 0.25) is 5.02 Å². The van der Waals surface area contributed by atoms with Gasteiger partial charge < -0.3 is 9.74 Å². The number of carbonyl (C=O) groups excluding carboxylic acids is 1. The highest BCUT2D eigenvalue weighted by Gasteiger charge is 2.43. The van der Waals surface area contributed by atoms with Crippen LogP contribution in [0, 0.1) is 0 Å². The molecule has 4 nitrogen and oxygen atoms in total. The Kier molecular flexibility index (Phi) is 4.95. The number of rotatable bonds is 3. The molecule has 0 bridgehead atoms. The Bertz CT molecular complexity index is 683. The molecule has 0 unspecified atom stereocenters. The molecule has 0 radical (unpaired) electrons. The van der Waals surface area contributed by atoms with Gasteiger partial charge in [0.15, 0.2) is 0 Å². The van der Waals surface area contributed by atoms with Crippen molar-refractivity contribution in [1.29, 1.82) is 0 Å². The van der Waals surface area contributed by atoms with Crippen molar-refractivity contribution in [3.8, 4) is 0 Å². The van der Waals surface area contributed by atoms with E-state index in [0.29, 0.717) is 37.4 Å². The summed E-state index contributed by atoms with van der Waals surface area (Å²) in [7, 11) is 0. The van der Waals surface area contributed by atoms with E-state index in [-0.39, 0.29) is 0 Å². The number of nitrogens with zero attached hydrogens (tertiary/aromatic N) is 2. The number of amides is 1. The van der Waals surface area contributed by atoms with Crippen molar-refractivity contribution >= 4 is 23.2 Å². The number of piperidine rings is 1.